The fourth-order valence-electron chi connectivity index (χ4n) is 4.78. The molecule has 1 aromatic heterocycles. The third-order valence-electron chi connectivity index (χ3n) is 6.79. The summed E-state index contributed by atoms with van der Waals surface area (Å²) in [6.45, 7) is 3.07. The van der Waals surface area contributed by atoms with E-state index in [1.54, 1.807) is 0 Å². The van der Waals surface area contributed by atoms with Gasteiger partial charge in [0.2, 0.25) is 0 Å². The predicted molar refractivity (Wildman–Crippen MR) is 133 cm³/mol. The first-order chi connectivity index (χ1) is 15.3. The Morgan fingerprint density at radius 2 is 1.55 bits per heavy atom. The molecule has 2 heteroatoms. The average molecular weight is 422 g/mol. The number of hydrogen-bond donors (Lipinski definition) is 0. The first kappa shape index (κ1) is 23.8. The lowest BCUT2D eigenvalue weighted by Gasteiger charge is -2.08. The molecule has 0 radical (unpaired) electrons. The Bertz CT molecular complexity index is 701. The molecule has 0 atom stereocenters. The second-order valence-corrected chi connectivity index (χ2v) is 9.44. The molecule has 3 rings (SSSR count). The highest BCUT2D eigenvalue weighted by molar-refractivity contribution is 5.60. The molecule has 31 heavy (non-hydrogen) atoms. The van der Waals surface area contributed by atoms with Crippen LogP contribution in [0.2, 0.25) is 0 Å². The van der Waals surface area contributed by atoms with Gasteiger partial charge in [0.15, 0.2) is 0 Å². The lowest BCUT2D eigenvalue weighted by molar-refractivity contribution is 0.304. The van der Waals surface area contributed by atoms with Crippen molar-refractivity contribution in [2.45, 2.75) is 103 Å². The van der Waals surface area contributed by atoms with Gasteiger partial charge in [0.25, 0.3) is 0 Å². The molecule has 0 saturated heterocycles. The molecule has 1 saturated carbocycles. The van der Waals surface area contributed by atoms with E-state index in [1.807, 2.05) is 0 Å². The zero-order valence-corrected chi connectivity index (χ0v) is 19.8. The number of pyridine rings is 1. The molecule has 170 valence electrons. The molecule has 1 heterocycles. The van der Waals surface area contributed by atoms with Crippen LogP contribution in [0, 0.1) is 5.92 Å². The number of benzene rings is 1. The number of rotatable bonds is 15. The van der Waals surface area contributed by atoms with Crippen LogP contribution in [-0.4, -0.2) is 11.6 Å². The number of nitrogens with zero attached hydrogens (tertiary/aromatic N) is 1. The molecule has 2 nitrogen and oxygen atoms in total. The van der Waals surface area contributed by atoms with Gasteiger partial charge in [0.1, 0.15) is 5.75 Å². The highest BCUT2D eigenvalue weighted by Crippen LogP contribution is 2.29. The van der Waals surface area contributed by atoms with Gasteiger partial charge in [-0.15, -0.1) is 0 Å². The van der Waals surface area contributed by atoms with Crippen molar-refractivity contribution in [3.8, 4) is 17.0 Å². The summed E-state index contributed by atoms with van der Waals surface area (Å²) in [4.78, 5) is 4.71. The maximum absolute atomic E-state index is 5.88. The van der Waals surface area contributed by atoms with Crippen LogP contribution in [0.25, 0.3) is 11.3 Å². The Labute approximate surface area is 190 Å². The zero-order chi connectivity index (χ0) is 21.6. The molecule has 1 aliphatic carbocycles. The van der Waals surface area contributed by atoms with E-state index in [-0.39, 0.29) is 0 Å². The number of unbranched alkanes of at least 4 members (excludes halogenated alkanes) is 7. The molecule has 1 aromatic carbocycles. The average Bonchev–Trinajstić information content (AvgIpc) is 3.33. The van der Waals surface area contributed by atoms with E-state index in [1.165, 1.54) is 89.0 Å². The van der Waals surface area contributed by atoms with Crippen LogP contribution in [0.4, 0.5) is 0 Å². The van der Waals surface area contributed by atoms with E-state index < -0.39 is 0 Å². The second-order valence-electron chi connectivity index (χ2n) is 9.44. The number of aryl methyl sites for hydroxylation is 1. The molecule has 0 aliphatic heterocycles. The van der Waals surface area contributed by atoms with E-state index in [9.17, 15) is 0 Å². The maximum atomic E-state index is 5.88. The van der Waals surface area contributed by atoms with Gasteiger partial charge in [-0.25, -0.2) is 0 Å². The Hall–Kier alpha value is -1.83. The van der Waals surface area contributed by atoms with Crippen molar-refractivity contribution in [2.24, 2.45) is 5.92 Å². The minimum Gasteiger partial charge on any atom is -0.494 e. The van der Waals surface area contributed by atoms with E-state index in [0.717, 1.165) is 42.4 Å². The van der Waals surface area contributed by atoms with Crippen LogP contribution >= 0.6 is 0 Å². The quantitative estimate of drug-likeness (QED) is 0.268. The maximum Gasteiger partial charge on any atom is 0.119 e. The van der Waals surface area contributed by atoms with E-state index in [0.29, 0.717) is 0 Å². The Morgan fingerprint density at radius 3 is 2.29 bits per heavy atom. The molecule has 0 spiro atoms. The van der Waals surface area contributed by atoms with Crippen LogP contribution < -0.4 is 4.74 Å². The van der Waals surface area contributed by atoms with Crippen molar-refractivity contribution >= 4 is 0 Å². The Kier molecular flexibility index (Phi) is 11.0. The summed E-state index contributed by atoms with van der Waals surface area (Å²) < 4.78 is 5.88. The molecule has 0 unspecified atom stereocenters. The predicted octanol–water partition coefficient (Wildman–Crippen LogP) is 8.78. The molecule has 1 fully saturated rings. The van der Waals surface area contributed by atoms with Gasteiger partial charge < -0.3 is 4.74 Å². The van der Waals surface area contributed by atoms with Crippen LogP contribution in [0.3, 0.4) is 0 Å². The molecule has 2 aromatic rings. The van der Waals surface area contributed by atoms with E-state index in [2.05, 4.69) is 49.5 Å². The normalized spacial score (nSPS) is 14.2. The topological polar surface area (TPSA) is 22.1 Å². The van der Waals surface area contributed by atoms with Gasteiger partial charge in [0.05, 0.1) is 12.3 Å². The van der Waals surface area contributed by atoms with Crippen molar-refractivity contribution in [1.82, 2.24) is 4.98 Å². The van der Waals surface area contributed by atoms with Crippen molar-refractivity contribution in [2.75, 3.05) is 6.61 Å². The third-order valence-corrected chi connectivity index (χ3v) is 6.79. The number of ether oxygens (including phenoxy) is 1. The van der Waals surface area contributed by atoms with Gasteiger partial charge in [-0.05, 0) is 61.1 Å². The van der Waals surface area contributed by atoms with Gasteiger partial charge in [-0.3, -0.25) is 4.98 Å². The molecule has 0 amide bonds. The lowest BCUT2D eigenvalue weighted by atomic mass is 9.99. The van der Waals surface area contributed by atoms with Crippen LogP contribution in [0.5, 0.6) is 5.75 Å². The fraction of sp³-hybridized carbons (Fsp3) is 0.621. The van der Waals surface area contributed by atoms with Crippen molar-refractivity contribution in [3.63, 3.8) is 0 Å². The minimum atomic E-state index is 0.816. The first-order valence-corrected chi connectivity index (χ1v) is 13.0. The second kappa shape index (κ2) is 14.3. The molecular formula is C29H43NO. The van der Waals surface area contributed by atoms with Gasteiger partial charge in [-0.1, -0.05) is 90.0 Å². The van der Waals surface area contributed by atoms with E-state index >= 15 is 0 Å². The highest BCUT2D eigenvalue weighted by atomic mass is 16.5. The zero-order valence-electron chi connectivity index (χ0n) is 19.8. The van der Waals surface area contributed by atoms with Gasteiger partial charge in [-0.2, -0.15) is 0 Å². The Morgan fingerprint density at radius 1 is 0.806 bits per heavy atom. The fourth-order valence-corrected chi connectivity index (χ4v) is 4.78. The molecule has 1 aliphatic rings. The van der Waals surface area contributed by atoms with Crippen LogP contribution in [-0.2, 0) is 6.42 Å². The van der Waals surface area contributed by atoms with Crippen molar-refractivity contribution < 1.29 is 4.74 Å². The summed E-state index contributed by atoms with van der Waals surface area (Å²) in [7, 11) is 0. The van der Waals surface area contributed by atoms with Crippen molar-refractivity contribution in [1.29, 1.82) is 0 Å². The summed E-state index contributed by atoms with van der Waals surface area (Å²) in [5.41, 5.74) is 3.57. The van der Waals surface area contributed by atoms with Crippen LogP contribution in [0.1, 0.15) is 102 Å². The summed E-state index contributed by atoms with van der Waals surface area (Å²) in [6.07, 6.45) is 22.5. The first-order valence-electron chi connectivity index (χ1n) is 13.0. The van der Waals surface area contributed by atoms with E-state index in [4.69, 9.17) is 9.72 Å². The van der Waals surface area contributed by atoms with Gasteiger partial charge in [0, 0.05) is 11.8 Å². The standard InChI is InChI=1S/C29H43NO/c1-2-3-4-7-12-23-31-28-20-18-27(19-21-28)29-22-17-26(24-30-29)16-9-6-5-8-13-25-14-10-11-15-25/h17-22,24-25H,2-16,23H2,1H3. The minimum absolute atomic E-state index is 0.816. The summed E-state index contributed by atoms with van der Waals surface area (Å²) >= 11 is 0. The van der Waals surface area contributed by atoms with Gasteiger partial charge >= 0.3 is 0 Å². The molecule has 0 N–H and O–H groups in total. The van der Waals surface area contributed by atoms with Crippen LogP contribution in [0.15, 0.2) is 42.6 Å². The summed E-state index contributed by atoms with van der Waals surface area (Å²) in [6, 6.07) is 12.8. The molecular weight excluding hydrogens is 378 g/mol. The summed E-state index contributed by atoms with van der Waals surface area (Å²) in [5, 5.41) is 0. The largest absolute Gasteiger partial charge is 0.494 e. The highest BCUT2D eigenvalue weighted by Gasteiger charge is 2.13. The number of hydrogen-bond acceptors (Lipinski definition) is 2. The monoisotopic (exact) mass is 421 g/mol. The van der Waals surface area contributed by atoms with Crippen molar-refractivity contribution in [3.05, 3.63) is 48.2 Å². The summed E-state index contributed by atoms with van der Waals surface area (Å²) in [5.74, 6) is 2.01. The SMILES string of the molecule is CCCCCCCOc1ccc(-c2ccc(CCCCCCC3CCCC3)cn2)cc1. The number of aromatic nitrogens is 1. The smallest absolute Gasteiger partial charge is 0.119 e. The molecule has 0 bridgehead atoms. The lowest BCUT2D eigenvalue weighted by Crippen LogP contribution is -1.97. The third kappa shape index (κ3) is 9.05. The Balaban J connectivity index is 1.31.